The Kier molecular flexibility index (Phi) is 13.3. The summed E-state index contributed by atoms with van der Waals surface area (Å²) in [7, 11) is 1.74. The van der Waals surface area contributed by atoms with Gasteiger partial charge < -0.3 is 15.5 Å². The molecule has 2 unspecified atom stereocenters. The highest BCUT2D eigenvalue weighted by Gasteiger charge is 2.31. The van der Waals surface area contributed by atoms with Gasteiger partial charge in [0.05, 0.1) is 18.6 Å². The second-order valence-electron chi connectivity index (χ2n) is 9.55. The summed E-state index contributed by atoms with van der Waals surface area (Å²) in [6, 6.07) is 7.49. The minimum absolute atomic E-state index is 0.0522. The van der Waals surface area contributed by atoms with Gasteiger partial charge in [0, 0.05) is 23.2 Å². The number of hydrogen-bond donors (Lipinski definition) is 2. The lowest BCUT2D eigenvalue weighted by Crippen LogP contribution is -2.42. The average Bonchev–Trinajstić information content (AvgIpc) is 3.61. The van der Waals surface area contributed by atoms with E-state index in [1.165, 1.54) is 49.9 Å². The fourth-order valence-corrected chi connectivity index (χ4v) is 5.56. The number of carbonyl (C=O) groups excluding carboxylic acids is 2. The number of ketones is 1. The van der Waals surface area contributed by atoms with Gasteiger partial charge in [-0.25, -0.2) is 4.98 Å². The zero-order valence-electron chi connectivity index (χ0n) is 22.9. The smallest absolute Gasteiger partial charge is 0.234 e. The van der Waals surface area contributed by atoms with Gasteiger partial charge in [0.1, 0.15) is 10.7 Å². The molecule has 2 aliphatic rings. The monoisotopic (exact) mass is 524 g/mol. The van der Waals surface area contributed by atoms with Crippen molar-refractivity contribution in [2.24, 2.45) is 0 Å². The van der Waals surface area contributed by atoms with E-state index in [2.05, 4.69) is 40.3 Å². The molecule has 2 atom stereocenters. The molecule has 1 amide bonds. The predicted molar refractivity (Wildman–Crippen MR) is 155 cm³/mol. The highest BCUT2D eigenvalue weighted by Crippen LogP contribution is 2.37. The Balaban J connectivity index is 0.000000519. The molecule has 2 heterocycles. The van der Waals surface area contributed by atoms with Gasteiger partial charge in [0.25, 0.3) is 0 Å². The van der Waals surface area contributed by atoms with E-state index in [4.69, 9.17) is 0 Å². The van der Waals surface area contributed by atoms with Crippen LogP contribution in [0.3, 0.4) is 0 Å². The lowest BCUT2D eigenvalue weighted by molar-refractivity contribution is -0.120. The molecule has 2 fully saturated rings. The number of likely N-dealkylation sites (N-methyl/N-ethyl adjacent to an activating group) is 1. The Morgan fingerprint density at radius 3 is 2.24 bits per heavy atom. The van der Waals surface area contributed by atoms with E-state index in [0.29, 0.717) is 11.3 Å². The molecule has 1 saturated carbocycles. The molecular weight excluding hydrogens is 480 g/mol. The Labute approximate surface area is 227 Å². The van der Waals surface area contributed by atoms with E-state index in [1.54, 1.807) is 7.05 Å². The summed E-state index contributed by atoms with van der Waals surface area (Å²) in [4.78, 5) is 31.5. The van der Waals surface area contributed by atoms with Crippen LogP contribution in [0, 0.1) is 6.92 Å². The normalized spacial score (nSPS) is 17.5. The average molecular weight is 525 g/mol. The lowest BCUT2D eigenvalue weighted by atomic mass is 10.0. The van der Waals surface area contributed by atoms with Gasteiger partial charge in [-0.05, 0) is 33.7 Å². The summed E-state index contributed by atoms with van der Waals surface area (Å²) in [6.45, 7) is 15.3. The molecule has 2 aromatic rings. The first-order valence-corrected chi connectivity index (χ1v) is 14.2. The van der Waals surface area contributed by atoms with E-state index >= 15 is 0 Å². The number of amides is 1. The van der Waals surface area contributed by atoms with Gasteiger partial charge in [-0.1, -0.05) is 74.9 Å². The van der Waals surface area contributed by atoms with Crippen molar-refractivity contribution in [2.45, 2.75) is 77.3 Å². The summed E-state index contributed by atoms with van der Waals surface area (Å²) in [5.74, 6) is -0.110. The van der Waals surface area contributed by atoms with Crippen LogP contribution in [-0.2, 0) is 4.79 Å². The van der Waals surface area contributed by atoms with Crippen LogP contribution in [0.1, 0.15) is 91.0 Å². The third-order valence-electron chi connectivity index (χ3n) is 6.69. The van der Waals surface area contributed by atoms with Crippen molar-refractivity contribution in [3.63, 3.8) is 0 Å². The van der Waals surface area contributed by atoms with Crippen LogP contribution < -0.4 is 10.6 Å². The van der Waals surface area contributed by atoms with Crippen molar-refractivity contribution in [1.82, 2.24) is 20.5 Å². The Morgan fingerprint density at radius 2 is 1.68 bits per heavy atom. The fraction of sp³-hybridized carbons (Fsp3) is 0.500. The molecule has 202 valence electrons. The Bertz CT molecular complexity index is 986. The van der Waals surface area contributed by atoms with Gasteiger partial charge in [0.2, 0.25) is 11.7 Å². The number of nitrogens with one attached hydrogen (secondary N) is 2. The fourth-order valence-electron chi connectivity index (χ4n) is 4.61. The van der Waals surface area contributed by atoms with Gasteiger partial charge in [-0.3, -0.25) is 9.59 Å². The van der Waals surface area contributed by atoms with Gasteiger partial charge in [-0.15, -0.1) is 24.5 Å². The first-order chi connectivity index (χ1) is 17.9. The van der Waals surface area contributed by atoms with Crippen molar-refractivity contribution < 1.29 is 9.59 Å². The zero-order valence-corrected chi connectivity index (χ0v) is 23.7. The first-order valence-electron chi connectivity index (χ1n) is 13.4. The summed E-state index contributed by atoms with van der Waals surface area (Å²) < 4.78 is 0. The van der Waals surface area contributed by atoms with Crippen LogP contribution in [0.2, 0.25) is 0 Å². The molecule has 6 nitrogen and oxygen atoms in total. The zero-order chi connectivity index (χ0) is 27.2. The number of carbonyl (C=O) groups is 2. The SMILES string of the molecule is C1CCCCC1.C=C.C=C(C(C)NC(=O)CNC)N1CCCC1c1nc(C(=O)c2ccc(C)cc2)cs1. The van der Waals surface area contributed by atoms with Gasteiger partial charge >= 0.3 is 0 Å². The standard InChI is InChI=1S/C22H28N4O2S.C6H12.C2H4/c1-14-7-9-17(10-8-14)21(28)18-13-29-22(25-18)19-6-5-11-26(19)16(3)15(2)24-20(27)12-23-4;1-2-4-6-5-3-1;1-2/h7-10,13,15,19,23H,3,5-6,11-12H2,1-2,4H3,(H,24,27);1-6H2;1-2H2. The number of aryl methyl sites for hydroxylation is 1. The molecule has 1 aromatic carbocycles. The van der Waals surface area contributed by atoms with Crippen LogP contribution in [0.15, 0.2) is 55.1 Å². The van der Waals surface area contributed by atoms with Crippen molar-refractivity contribution in [3.05, 3.63) is 76.9 Å². The highest BCUT2D eigenvalue weighted by molar-refractivity contribution is 7.10. The maximum absolute atomic E-state index is 12.8. The largest absolute Gasteiger partial charge is 0.364 e. The second kappa shape index (κ2) is 16.2. The minimum atomic E-state index is -0.162. The second-order valence-corrected chi connectivity index (χ2v) is 10.4. The Morgan fingerprint density at radius 1 is 1.08 bits per heavy atom. The molecule has 1 aliphatic carbocycles. The van der Waals surface area contributed by atoms with Crippen molar-refractivity contribution in [2.75, 3.05) is 20.1 Å². The van der Waals surface area contributed by atoms with Crippen LogP contribution in [-0.4, -0.2) is 47.8 Å². The van der Waals surface area contributed by atoms with E-state index in [0.717, 1.165) is 35.7 Å². The molecule has 0 radical (unpaired) electrons. The molecule has 7 heteroatoms. The lowest BCUT2D eigenvalue weighted by Gasteiger charge is -2.31. The molecular formula is C30H44N4O2S. The number of thiazole rings is 1. The van der Waals surface area contributed by atoms with Crippen LogP contribution in [0.5, 0.6) is 0 Å². The number of likely N-dealkylation sites (tertiary alicyclic amines) is 1. The molecule has 1 aliphatic heterocycles. The van der Waals surface area contributed by atoms with E-state index in [-0.39, 0.29) is 30.3 Å². The third kappa shape index (κ3) is 9.24. The predicted octanol–water partition coefficient (Wildman–Crippen LogP) is 6.20. The van der Waals surface area contributed by atoms with Crippen molar-refractivity contribution >= 4 is 23.0 Å². The summed E-state index contributed by atoms with van der Waals surface area (Å²) in [6.07, 6.45) is 11.0. The molecule has 1 aromatic heterocycles. The summed E-state index contributed by atoms with van der Waals surface area (Å²) >= 11 is 1.52. The van der Waals surface area contributed by atoms with E-state index < -0.39 is 0 Å². The van der Waals surface area contributed by atoms with E-state index in [1.807, 2.05) is 43.5 Å². The summed E-state index contributed by atoms with van der Waals surface area (Å²) in [5.41, 5.74) is 3.14. The minimum Gasteiger partial charge on any atom is -0.364 e. The van der Waals surface area contributed by atoms with Crippen molar-refractivity contribution in [1.29, 1.82) is 0 Å². The van der Waals surface area contributed by atoms with E-state index in [9.17, 15) is 9.59 Å². The molecule has 0 spiro atoms. The van der Waals surface area contributed by atoms with Crippen LogP contribution in [0.4, 0.5) is 0 Å². The number of nitrogens with zero attached hydrogens (tertiary/aromatic N) is 2. The Hall–Kier alpha value is -2.77. The number of rotatable bonds is 8. The van der Waals surface area contributed by atoms with Crippen LogP contribution >= 0.6 is 11.3 Å². The molecule has 4 rings (SSSR count). The third-order valence-corrected chi connectivity index (χ3v) is 7.64. The number of hydrogen-bond acceptors (Lipinski definition) is 6. The topological polar surface area (TPSA) is 74.3 Å². The maximum atomic E-state index is 12.8. The summed E-state index contributed by atoms with van der Waals surface area (Å²) in [5, 5.41) is 8.58. The number of benzene rings is 1. The van der Waals surface area contributed by atoms with Gasteiger partial charge in [-0.2, -0.15) is 0 Å². The molecule has 37 heavy (non-hydrogen) atoms. The molecule has 0 bridgehead atoms. The quantitative estimate of drug-likeness (QED) is 0.318. The molecule has 2 N–H and O–H groups in total. The first kappa shape index (κ1) is 30.5. The molecule has 1 saturated heterocycles. The maximum Gasteiger partial charge on any atom is 0.234 e. The highest BCUT2D eigenvalue weighted by atomic mass is 32.1. The van der Waals surface area contributed by atoms with Crippen molar-refractivity contribution in [3.8, 4) is 0 Å². The van der Waals surface area contributed by atoms with Crippen LogP contribution in [0.25, 0.3) is 0 Å². The van der Waals surface area contributed by atoms with Gasteiger partial charge in [0.15, 0.2) is 0 Å². The number of aromatic nitrogens is 1.